The lowest BCUT2D eigenvalue weighted by Crippen LogP contribution is -2.11. The first-order chi connectivity index (χ1) is 11.8. The highest BCUT2D eigenvalue weighted by atomic mass is 16.5. The van der Waals surface area contributed by atoms with Crippen molar-refractivity contribution in [2.24, 2.45) is 0 Å². The summed E-state index contributed by atoms with van der Waals surface area (Å²) in [5, 5.41) is 2.86. The Hall–Kier alpha value is -3.07. The standard InChI is InChI=1S/C21H19NO2/c23-21(22-19-9-5-2-6-10-19)18-11-13-20(14-12-18)24-16-15-17-7-3-1-4-8-17/h1-14H,15-16H2,(H,22,23). The minimum Gasteiger partial charge on any atom is -0.493 e. The largest absolute Gasteiger partial charge is 0.493 e. The van der Waals surface area contributed by atoms with Gasteiger partial charge in [0.1, 0.15) is 5.75 Å². The third-order valence-corrected chi connectivity index (χ3v) is 3.65. The first kappa shape index (κ1) is 15.8. The molecule has 0 bridgehead atoms. The van der Waals surface area contributed by atoms with E-state index in [-0.39, 0.29) is 5.91 Å². The second kappa shape index (κ2) is 7.97. The number of carbonyl (C=O) groups excluding carboxylic acids is 1. The molecule has 3 aromatic carbocycles. The number of hydrogen-bond donors (Lipinski definition) is 1. The van der Waals surface area contributed by atoms with Crippen LogP contribution in [0.4, 0.5) is 5.69 Å². The normalized spacial score (nSPS) is 10.2. The van der Waals surface area contributed by atoms with Gasteiger partial charge in [-0.2, -0.15) is 0 Å². The average Bonchev–Trinajstić information content (AvgIpc) is 2.64. The highest BCUT2D eigenvalue weighted by Crippen LogP contribution is 2.14. The summed E-state index contributed by atoms with van der Waals surface area (Å²) in [6.45, 7) is 0.611. The lowest BCUT2D eigenvalue weighted by Gasteiger charge is -2.08. The number of amides is 1. The Balaban J connectivity index is 1.52. The van der Waals surface area contributed by atoms with Gasteiger partial charge in [-0.25, -0.2) is 0 Å². The summed E-state index contributed by atoms with van der Waals surface area (Å²) in [4.78, 5) is 12.2. The molecule has 0 saturated heterocycles. The molecule has 0 spiro atoms. The van der Waals surface area contributed by atoms with Gasteiger partial charge >= 0.3 is 0 Å². The van der Waals surface area contributed by atoms with Crippen LogP contribution < -0.4 is 10.1 Å². The number of anilines is 1. The van der Waals surface area contributed by atoms with Crippen LogP contribution in [0.25, 0.3) is 0 Å². The molecule has 0 aliphatic heterocycles. The van der Waals surface area contributed by atoms with Gasteiger partial charge in [0.25, 0.3) is 5.91 Å². The van der Waals surface area contributed by atoms with Gasteiger partial charge in [-0.1, -0.05) is 48.5 Å². The summed E-state index contributed by atoms with van der Waals surface area (Å²) < 4.78 is 5.73. The van der Waals surface area contributed by atoms with Crippen LogP contribution in [0.2, 0.25) is 0 Å². The first-order valence-electron chi connectivity index (χ1n) is 7.94. The topological polar surface area (TPSA) is 38.3 Å². The fourth-order valence-electron chi connectivity index (χ4n) is 2.36. The molecule has 0 aliphatic carbocycles. The predicted molar refractivity (Wildman–Crippen MR) is 96.5 cm³/mol. The van der Waals surface area contributed by atoms with Crippen molar-refractivity contribution in [1.29, 1.82) is 0 Å². The molecule has 1 amide bonds. The van der Waals surface area contributed by atoms with Gasteiger partial charge in [-0.05, 0) is 42.0 Å². The van der Waals surface area contributed by atoms with Crippen LogP contribution in [0.3, 0.4) is 0 Å². The number of carbonyl (C=O) groups is 1. The second-order valence-electron chi connectivity index (χ2n) is 5.43. The molecule has 3 rings (SSSR count). The molecule has 1 N–H and O–H groups in total. The van der Waals surface area contributed by atoms with E-state index in [1.54, 1.807) is 12.1 Å². The summed E-state index contributed by atoms with van der Waals surface area (Å²) in [6.07, 6.45) is 0.858. The van der Waals surface area contributed by atoms with E-state index in [0.29, 0.717) is 12.2 Å². The van der Waals surface area contributed by atoms with Crippen LogP contribution in [0.5, 0.6) is 5.75 Å². The summed E-state index contributed by atoms with van der Waals surface area (Å²) in [6, 6.07) is 26.8. The Bertz CT molecular complexity index is 768. The Morgan fingerprint density at radius 1 is 0.792 bits per heavy atom. The molecule has 0 heterocycles. The van der Waals surface area contributed by atoms with Gasteiger partial charge in [-0.3, -0.25) is 4.79 Å². The summed E-state index contributed by atoms with van der Waals surface area (Å²) in [7, 11) is 0. The zero-order chi connectivity index (χ0) is 16.6. The highest BCUT2D eigenvalue weighted by Gasteiger charge is 2.06. The van der Waals surface area contributed by atoms with Crippen molar-refractivity contribution in [3.63, 3.8) is 0 Å². The van der Waals surface area contributed by atoms with Crippen molar-refractivity contribution < 1.29 is 9.53 Å². The van der Waals surface area contributed by atoms with Crippen molar-refractivity contribution in [2.45, 2.75) is 6.42 Å². The van der Waals surface area contributed by atoms with Gasteiger partial charge in [0.2, 0.25) is 0 Å². The van der Waals surface area contributed by atoms with Gasteiger partial charge < -0.3 is 10.1 Å². The van der Waals surface area contributed by atoms with Crippen molar-refractivity contribution in [1.82, 2.24) is 0 Å². The van der Waals surface area contributed by atoms with Crippen molar-refractivity contribution >= 4 is 11.6 Å². The molecule has 120 valence electrons. The third-order valence-electron chi connectivity index (χ3n) is 3.65. The maximum atomic E-state index is 12.2. The summed E-state index contributed by atoms with van der Waals surface area (Å²) >= 11 is 0. The van der Waals surface area contributed by atoms with Crippen LogP contribution in [0.1, 0.15) is 15.9 Å². The van der Waals surface area contributed by atoms with Crippen molar-refractivity contribution in [2.75, 3.05) is 11.9 Å². The molecule has 0 radical (unpaired) electrons. The summed E-state index contributed by atoms with van der Waals surface area (Å²) in [5.41, 5.74) is 2.64. The molecule has 0 saturated carbocycles. The Morgan fingerprint density at radius 2 is 1.42 bits per heavy atom. The SMILES string of the molecule is O=C(Nc1ccccc1)c1ccc(OCCc2ccccc2)cc1. The number of rotatable bonds is 6. The Labute approximate surface area is 141 Å². The van der Waals surface area contributed by atoms with Gasteiger partial charge in [0, 0.05) is 17.7 Å². The molecule has 0 aromatic heterocycles. The fraction of sp³-hybridized carbons (Fsp3) is 0.0952. The molecule has 0 fully saturated rings. The minimum absolute atomic E-state index is 0.128. The molecule has 0 aliphatic rings. The first-order valence-corrected chi connectivity index (χ1v) is 7.94. The van der Waals surface area contributed by atoms with E-state index in [9.17, 15) is 4.79 Å². The molecule has 3 heteroatoms. The monoisotopic (exact) mass is 317 g/mol. The van der Waals surface area contributed by atoms with E-state index in [0.717, 1.165) is 17.9 Å². The van der Waals surface area contributed by atoms with Crippen LogP contribution in [-0.2, 0) is 6.42 Å². The molecule has 3 nitrogen and oxygen atoms in total. The second-order valence-corrected chi connectivity index (χ2v) is 5.43. The van der Waals surface area contributed by atoms with Crippen molar-refractivity contribution in [3.05, 3.63) is 96.1 Å². The Kier molecular flexibility index (Phi) is 5.25. The highest BCUT2D eigenvalue weighted by molar-refractivity contribution is 6.04. The smallest absolute Gasteiger partial charge is 0.255 e. The van der Waals surface area contributed by atoms with E-state index in [1.807, 2.05) is 60.7 Å². The number of para-hydroxylation sites is 1. The van der Waals surface area contributed by atoms with E-state index in [4.69, 9.17) is 4.74 Å². The number of nitrogens with one attached hydrogen (secondary N) is 1. The number of ether oxygens (including phenoxy) is 1. The van der Waals surface area contributed by atoms with Crippen LogP contribution in [0.15, 0.2) is 84.9 Å². The van der Waals surface area contributed by atoms with E-state index >= 15 is 0 Å². The lowest BCUT2D eigenvalue weighted by molar-refractivity contribution is 0.102. The van der Waals surface area contributed by atoms with E-state index in [1.165, 1.54) is 5.56 Å². The number of hydrogen-bond acceptors (Lipinski definition) is 2. The van der Waals surface area contributed by atoms with Crippen LogP contribution in [-0.4, -0.2) is 12.5 Å². The predicted octanol–water partition coefficient (Wildman–Crippen LogP) is 4.56. The van der Waals surface area contributed by atoms with Crippen LogP contribution >= 0.6 is 0 Å². The van der Waals surface area contributed by atoms with Crippen molar-refractivity contribution in [3.8, 4) is 5.75 Å². The Morgan fingerprint density at radius 3 is 2.08 bits per heavy atom. The van der Waals surface area contributed by atoms with Gasteiger partial charge in [0.05, 0.1) is 6.61 Å². The quantitative estimate of drug-likeness (QED) is 0.724. The maximum absolute atomic E-state index is 12.2. The molecular weight excluding hydrogens is 298 g/mol. The van der Waals surface area contributed by atoms with E-state index < -0.39 is 0 Å². The third kappa shape index (κ3) is 4.46. The molecule has 0 atom stereocenters. The number of benzene rings is 3. The molecule has 0 unspecified atom stereocenters. The molecule has 3 aromatic rings. The zero-order valence-corrected chi connectivity index (χ0v) is 13.3. The molecule has 24 heavy (non-hydrogen) atoms. The maximum Gasteiger partial charge on any atom is 0.255 e. The molecular formula is C21H19NO2. The summed E-state index contributed by atoms with van der Waals surface area (Å²) in [5.74, 6) is 0.638. The minimum atomic E-state index is -0.128. The van der Waals surface area contributed by atoms with Gasteiger partial charge in [-0.15, -0.1) is 0 Å². The lowest BCUT2D eigenvalue weighted by atomic mass is 10.2. The van der Waals surface area contributed by atoms with Crippen LogP contribution in [0, 0.1) is 0 Å². The van der Waals surface area contributed by atoms with E-state index in [2.05, 4.69) is 17.4 Å². The zero-order valence-electron chi connectivity index (χ0n) is 13.3. The fourth-order valence-corrected chi connectivity index (χ4v) is 2.36. The van der Waals surface area contributed by atoms with Gasteiger partial charge in [0.15, 0.2) is 0 Å². The average molecular weight is 317 g/mol.